The van der Waals surface area contributed by atoms with E-state index in [1.165, 1.54) is 19.4 Å². The molecule has 0 bridgehead atoms. The third-order valence-electron chi connectivity index (χ3n) is 6.53. The SMILES string of the molecule is CCc1nc2n(n1)CC(NC(=NCc1nnc(C)n1C)NCC1CCCN1CC)CC2. The largest absolute Gasteiger partial charge is 0.355 e. The maximum absolute atomic E-state index is 4.86. The molecule has 0 saturated carbocycles. The molecule has 2 unspecified atom stereocenters. The van der Waals surface area contributed by atoms with Crippen molar-refractivity contribution in [3.05, 3.63) is 23.3 Å². The van der Waals surface area contributed by atoms with Gasteiger partial charge >= 0.3 is 0 Å². The van der Waals surface area contributed by atoms with Crippen LogP contribution in [0.2, 0.25) is 0 Å². The summed E-state index contributed by atoms with van der Waals surface area (Å²) in [5.74, 6) is 4.63. The van der Waals surface area contributed by atoms with Crippen LogP contribution in [0.25, 0.3) is 0 Å². The van der Waals surface area contributed by atoms with Gasteiger partial charge in [0.15, 0.2) is 17.6 Å². The fourth-order valence-corrected chi connectivity index (χ4v) is 4.47. The maximum atomic E-state index is 4.86. The van der Waals surface area contributed by atoms with E-state index in [1.54, 1.807) is 0 Å². The monoisotopic (exact) mass is 428 g/mol. The van der Waals surface area contributed by atoms with Gasteiger partial charge in [-0.15, -0.1) is 10.2 Å². The van der Waals surface area contributed by atoms with E-state index in [1.807, 2.05) is 18.5 Å². The number of nitrogens with one attached hydrogen (secondary N) is 2. The summed E-state index contributed by atoms with van der Waals surface area (Å²) < 4.78 is 4.05. The first-order valence-electron chi connectivity index (χ1n) is 11.6. The Kier molecular flexibility index (Phi) is 6.84. The topological polar surface area (TPSA) is 101 Å². The molecule has 1 saturated heterocycles. The number of guanidine groups is 1. The highest BCUT2D eigenvalue weighted by molar-refractivity contribution is 5.80. The number of nitrogens with zero attached hydrogens (tertiary/aromatic N) is 8. The number of aromatic nitrogens is 6. The summed E-state index contributed by atoms with van der Waals surface area (Å²) in [5.41, 5.74) is 0. The third kappa shape index (κ3) is 5.06. The third-order valence-corrected chi connectivity index (χ3v) is 6.53. The lowest BCUT2D eigenvalue weighted by molar-refractivity contribution is 0.266. The zero-order valence-electron chi connectivity index (χ0n) is 19.3. The predicted molar refractivity (Wildman–Crippen MR) is 120 cm³/mol. The fraction of sp³-hybridized carbons (Fsp3) is 0.762. The van der Waals surface area contributed by atoms with Crippen LogP contribution in [0.15, 0.2) is 4.99 Å². The first-order valence-corrected chi connectivity index (χ1v) is 11.6. The van der Waals surface area contributed by atoms with Gasteiger partial charge in [-0.1, -0.05) is 13.8 Å². The molecule has 2 aliphatic rings. The van der Waals surface area contributed by atoms with E-state index in [4.69, 9.17) is 4.99 Å². The van der Waals surface area contributed by atoms with Crippen molar-refractivity contribution in [1.29, 1.82) is 0 Å². The van der Waals surface area contributed by atoms with E-state index >= 15 is 0 Å². The van der Waals surface area contributed by atoms with Gasteiger partial charge in [-0.2, -0.15) is 5.10 Å². The van der Waals surface area contributed by atoms with Gasteiger partial charge in [0, 0.05) is 38.5 Å². The molecular weight excluding hydrogens is 392 g/mol. The molecule has 0 aromatic carbocycles. The Hall–Kier alpha value is -2.49. The molecule has 0 spiro atoms. The van der Waals surface area contributed by atoms with Gasteiger partial charge in [-0.25, -0.2) is 14.7 Å². The van der Waals surface area contributed by atoms with Crippen molar-refractivity contribution in [2.75, 3.05) is 19.6 Å². The highest BCUT2D eigenvalue weighted by Gasteiger charge is 2.25. The lowest BCUT2D eigenvalue weighted by atomic mass is 10.1. The number of hydrogen-bond donors (Lipinski definition) is 2. The van der Waals surface area contributed by atoms with E-state index in [0.29, 0.717) is 12.6 Å². The van der Waals surface area contributed by atoms with E-state index in [2.05, 4.69) is 54.3 Å². The summed E-state index contributed by atoms with van der Waals surface area (Å²) in [6.07, 6.45) is 5.35. The standard InChI is InChI=1S/C21H36N10/c1-5-18-25-19-10-9-16(14-31(19)28-18)24-21(22-12-17-8-7-11-30(17)6-2)23-13-20-27-26-15(3)29(20)4/h16-17H,5-14H2,1-4H3,(H2,22,23,24). The Balaban J connectivity index is 1.43. The van der Waals surface area contributed by atoms with Crippen molar-refractivity contribution in [2.24, 2.45) is 12.0 Å². The quantitative estimate of drug-likeness (QED) is 0.497. The van der Waals surface area contributed by atoms with Crippen LogP contribution in [0.4, 0.5) is 0 Å². The molecule has 2 N–H and O–H groups in total. The minimum absolute atomic E-state index is 0.275. The summed E-state index contributed by atoms with van der Waals surface area (Å²) in [6.45, 7) is 10.8. The van der Waals surface area contributed by atoms with Crippen molar-refractivity contribution in [3.8, 4) is 0 Å². The van der Waals surface area contributed by atoms with Crippen molar-refractivity contribution in [2.45, 2.75) is 78.0 Å². The second-order valence-corrected chi connectivity index (χ2v) is 8.55. The van der Waals surface area contributed by atoms with Gasteiger partial charge in [0.2, 0.25) is 0 Å². The van der Waals surface area contributed by atoms with E-state index in [-0.39, 0.29) is 6.04 Å². The molecule has 1 fully saturated rings. The molecule has 10 heteroatoms. The average Bonchev–Trinajstić information content (AvgIpc) is 3.49. The molecule has 2 aromatic rings. The molecule has 4 heterocycles. The number of rotatable bonds is 7. The molecule has 0 amide bonds. The van der Waals surface area contributed by atoms with Crippen molar-refractivity contribution in [1.82, 2.24) is 45.1 Å². The first kappa shape index (κ1) is 21.7. The van der Waals surface area contributed by atoms with Gasteiger partial charge in [0.1, 0.15) is 18.2 Å². The second-order valence-electron chi connectivity index (χ2n) is 8.55. The van der Waals surface area contributed by atoms with Gasteiger partial charge in [-0.05, 0) is 39.3 Å². The molecule has 170 valence electrons. The number of fused-ring (bicyclic) bond motifs is 1. The molecule has 4 rings (SSSR count). The minimum atomic E-state index is 0.275. The summed E-state index contributed by atoms with van der Waals surface area (Å²) in [7, 11) is 1.98. The van der Waals surface area contributed by atoms with Crippen LogP contribution < -0.4 is 10.6 Å². The van der Waals surface area contributed by atoms with Gasteiger partial charge in [-0.3, -0.25) is 4.90 Å². The Labute approximate surface area is 184 Å². The minimum Gasteiger partial charge on any atom is -0.355 e. The molecule has 31 heavy (non-hydrogen) atoms. The first-order chi connectivity index (χ1) is 15.1. The molecule has 10 nitrogen and oxygen atoms in total. The molecule has 2 atom stereocenters. The number of likely N-dealkylation sites (tertiary alicyclic amines) is 1. The summed E-state index contributed by atoms with van der Waals surface area (Å²) in [5, 5.41) is 20.3. The molecule has 0 radical (unpaired) electrons. The Morgan fingerprint density at radius 1 is 1.23 bits per heavy atom. The van der Waals surface area contributed by atoms with Crippen molar-refractivity contribution >= 4 is 5.96 Å². The van der Waals surface area contributed by atoms with Crippen LogP contribution in [-0.4, -0.2) is 72.1 Å². The van der Waals surface area contributed by atoms with Crippen molar-refractivity contribution in [3.63, 3.8) is 0 Å². The van der Waals surface area contributed by atoms with Crippen LogP contribution in [0, 0.1) is 6.92 Å². The highest BCUT2D eigenvalue weighted by Crippen LogP contribution is 2.16. The number of aliphatic imine (C=N–C) groups is 1. The van der Waals surface area contributed by atoms with E-state index < -0.39 is 0 Å². The number of aryl methyl sites for hydroxylation is 3. The van der Waals surface area contributed by atoms with Gasteiger partial charge in [0.25, 0.3) is 0 Å². The van der Waals surface area contributed by atoms with Gasteiger partial charge in [0.05, 0.1) is 6.54 Å². The predicted octanol–water partition coefficient (Wildman–Crippen LogP) is 0.812. The van der Waals surface area contributed by atoms with Crippen molar-refractivity contribution < 1.29 is 0 Å². The summed E-state index contributed by atoms with van der Waals surface area (Å²) >= 11 is 0. The van der Waals surface area contributed by atoms with Crippen LogP contribution in [-0.2, 0) is 33.0 Å². The van der Waals surface area contributed by atoms with Gasteiger partial charge < -0.3 is 15.2 Å². The maximum Gasteiger partial charge on any atom is 0.192 e. The fourth-order valence-electron chi connectivity index (χ4n) is 4.47. The summed E-state index contributed by atoms with van der Waals surface area (Å²) in [4.78, 5) is 12.0. The smallest absolute Gasteiger partial charge is 0.192 e. The summed E-state index contributed by atoms with van der Waals surface area (Å²) in [6, 6.07) is 0.840. The second kappa shape index (κ2) is 9.76. The van der Waals surface area contributed by atoms with Crippen LogP contribution in [0.1, 0.15) is 56.4 Å². The van der Waals surface area contributed by atoms with Crippen LogP contribution in [0.5, 0.6) is 0 Å². The molecule has 2 aromatic heterocycles. The zero-order chi connectivity index (χ0) is 21.8. The normalized spacial score (nSPS) is 22.0. The zero-order valence-corrected chi connectivity index (χ0v) is 19.3. The lowest BCUT2D eigenvalue weighted by Gasteiger charge is -2.27. The Bertz CT molecular complexity index is 898. The van der Waals surface area contributed by atoms with E-state index in [9.17, 15) is 0 Å². The number of likely N-dealkylation sites (N-methyl/N-ethyl adjacent to an activating group) is 1. The molecular formula is C21H36N10. The number of hydrogen-bond acceptors (Lipinski definition) is 6. The van der Waals surface area contributed by atoms with Crippen LogP contribution >= 0.6 is 0 Å². The lowest BCUT2D eigenvalue weighted by Crippen LogP contribution is -2.50. The van der Waals surface area contributed by atoms with E-state index in [0.717, 1.165) is 68.2 Å². The molecule has 0 aliphatic carbocycles. The Morgan fingerprint density at radius 2 is 2.10 bits per heavy atom. The molecule has 2 aliphatic heterocycles. The Morgan fingerprint density at radius 3 is 2.84 bits per heavy atom. The average molecular weight is 429 g/mol. The highest BCUT2D eigenvalue weighted by atomic mass is 15.4. The van der Waals surface area contributed by atoms with Crippen LogP contribution in [0.3, 0.4) is 0 Å².